The van der Waals surface area contributed by atoms with Crippen LogP contribution in [0.5, 0.6) is 0 Å². The molecule has 0 aromatic carbocycles. The second-order valence-electron chi connectivity index (χ2n) is 3.68. The van der Waals surface area contributed by atoms with Gasteiger partial charge in [-0.25, -0.2) is 0 Å². The minimum atomic E-state index is -1.07. The smallest absolute Gasteiger partial charge is 0.131 e. The van der Waals surface area contributed by atoms with Gasteiger partial charge in [0.15, 0.2) is 0 Å². The van der Waals surface area contributed by atoms with Crippen LogP contribution < -0.4 is 0 Å². The summed E-state index contributed by atoms with van der Waals surface area (Å²) in [6.45, 7) is 3.65. The van der Waals surface area contributed by atoms with Crippen molar-refractivity contribution < 1.29 is 10.2 Å². The standard InChI is InChI=1S/C11H16O2/c1-3-11(13)7-5-4-6-10(11)9(2)8-12/h1,10,12-13H,2,4-8H2/t10-,11+/m0/s1. The normalized spacial score (nSPS) is 33.8. The van der Waals surface area contributed by atoms with Crippen LogP contribution in [0.25, 0.3) is 0 Å². The first-order valence-corrected chi connectivity index (χ1v) is 4.62. The Kier molecular flexibility index (Phi) is 3.13. The lowest BCUT2D eigenvalue weighted by atomic mass is 9.72. The van der Waals surface area contributed by atoms with Crippen LogP contribution in [0.1, 0.15) is 25.7 Å². The van der Waals surface area contributed by atoms with E-state index in [9.17, 15) is 5.11 Å². The molecule has 1 rings (SSSR count). The average molecular weight is 180 g/mol. The number of aliphatic hydroxyl groups is 2. The molecule has 0 unspecified atom stereocenters. The molecule has 0 amide bonds. The molecule has 0 spiro atoms. The molecule has 0 aliphatic heterocycles. The first-order valence-electron chi connectivity index (χ1n) is 4.62. The van der Waals surface area contributed by atoms with E-state index in [1.54, 1.807) is 0 Å². The summed E-state index contributed by atoms with van der Waals surface area (Å²) in [4.78, 5) is 0. The fraction of sp³-hybridized carbons (Fsp3) is 0.636. The molecule has 13 heavy (non-hydrogen) atoms. The number of aliphatic hydroxyl groups excluding tert-OH is 1. The molecule has 1 aliphatic carbocycles. The highest BCUT2D eigenvalue weighted by atomic mass is 16.3. The predicted molar refractivity (Wildman–Crippen MR) is 52.0 cm³/mol. The maximum Gasteiger partial charge on any atom is 0.131 e. The highest BCUT2D eigenvalue weighted by Crippen LogP contribution is 2.37. The van der Waals surface area contributed by atoms with Gasteiger partial charge in [0.1, 0.15) is 5.60 Å². The number of rotatable bonds is 2. The van der Waals surface area contributed by atoms with Crippen molar-refractivity contribution in [3.8, 4) is 12.3 Å². The first-order chi connectivity index (χ1) is 6.14. The zero-order valence-corrected chi connectivity index (χ0v) is 7.79. The van der Waals surface area contributed by atoms with Crippen LogP contribution in [0.3, 0.4) is 0 Å². The minimum Gasteiger partial charge on any atom is -0.392 e. The fourth-order valence-corrected chi connectivity index (χ4v) is 1.98. The van der Waals surface area contributed by atoms with Crippen molar-refractivity contribution in [2.75, 3.05) is 6.61 Å². The molecule has 0 bridgehead atoms. The Morgan fingerprint density at radius 2 is 2.31 bits per heavy atom. The van der Waals surface area contributed by atoms with Crippen LogP contribution in [-0.2, 0) is 0 Å². The van der Waals surface area contributed by atoms with E-state index in [1.807, 2.05) is 0 Å². The predicted octanol–water partition coefficient (Wildman–Crippen LogP) is 1.09. The summed E-state index contributed by atoms with van der Waals surface area (Å²) in [7, 11) is 0. The topological polar surface area (TPSA) is 40.5 Å². The molecule has 1 saturated carbocycles. The first kappa shape index (κ1) is 10.3. The summed E-state index contributed by atoms with van der Waals surface area (Å²) in [5.74, 6) is 2.30. The van der Waals surface area contributed by atoms with Gasteiger partial charge in [-0.1, -0.05) is 18.9 Å². The lowest BCUT2D eigenvalue weighted by Crippen LogP contribution is -2.40. The van der Waals surface area contributed by atoms with Gasteiger partial charge in [-0.3, -0.25) is 0 Å². The highest BCUT2D eigenvalue weighted by molar-refractivity contribution is 5.20. The Bertz CT molecular complexity index is 239. The fourth-order valence-electron chi connectivity index (χ4n) is 1.98. The summed E-state index contributed by atoms with van der Waals surface area (Å²) >= 11 is 0. The molecule has 2 heteroatoms. The third-order valence-corrected chi connectivity index (χ3v) is 2.82. The van der Waals surface area contributed by atoms with Crippen LogP contribution in [-0.4, -0.2) is 22.4 Å². The van der Waals surface area contributed by atoms with Gasteiger partial charge in [0.05, 0.1) is 6.61 Å². The van der Waals surface area contributed by atoms with E-state index in [1.165, 1.54) is 0 Å². The third kappa shape index (κ3) is 1.93. The summed E-state index contributed by atoms with van der Waals surface area (Å²) in [6, 6.07) is 0. The van der Waals surface area contributed by atoms with E-state index in [-0.39, 0.29) is 12.5 Å². The van der Waals surface area contributed by atoms with Crippen molar-refractivity contribution in [2.45, 2.75) is 31.3 Å². The van der Waals surface area contributed by atoms with Gasteiger partial charge >= 0.3 is 0 Å². The summed E-state index contributed by atoms with van der Waals surface area (Å²) in [6.07, 6.45) is 8.75. The van der Waals surface area contributed by atoms with Gasteiger partial charge in [-0.05, 0) is 24.8 Å². The molecule has 1 fully saturated rings. The Morgan fingerprint density at radius 1 is 1.62 bits per heavy atom. The van der Waals surface area contributed by atoms with Gasteiger partial charge in [0.2, 0.25) is 0 Å². The Hall–Kier alpha value is -0.780. The monoisotopic (exact) mass is 180 g/mol. The summed E-state index contributed by atoms with van der Waals surface area (Å²) < 4.78 is 0. The van der Waals surface area contributed by atoms with Gasteiger partial charge in [0, 0.05) is 5.92 Å². The van der Waals surface area contributed by atoms with E-state index in [2.05, 4.69) is 12.5 Å². The van der Waals surface area contributed by atoms with Crippen molar-refractivity contribution >= 4 is 0 Å². The molecule has 0 heterocycles. The van der Waals surface area contributed by atoms with Crippen LogP contribution in [0.15, 0.2) is 12.2 Å². The molecular formula is C11H16O2. The van der Waals surface area contributed by atoms with Gasteiger partial charge in [0.25, 0.3) is 0 Å². The van der Waals surface area contributed by atoms with Crippen molar-refractivity contribution in [1.82, 2.24) is 0 Å². The minimum absolute atomic E-state index is 0.0886. The zero-order valence-electron chi connectivity index (χ0n) is 7.79. The molecule has 2 atom stereocenters. The largest absolute Gasteiger partial charge is 0.392 e. The van der Waals surface area contributed by atoms with E-state index in [0.717, 1.165) is 19.3 Å². The second kappa shape index (κ2) is 3.95. The lowest BCUT2D eigenvalue weighted by Gasteiger charge is -2.36. The number of hydrogen-bond acceptors (Lipinski definition) is 2. The molecule has 0 saturated heterocycles. The molecule has 0 aromatic rings. The van der Waals surface area contributed by atoms with Crippen molar-refractivity contribution in [2.24, 2.45) is 5.92 Å². The molecule has 1 aliphatic rings. The summed E-state index contributed by atoms with van der Waals surface area (Å²) in [5, 5.41) is 19.0. The van der Waals surface area contributed by atoms with Crippen molar-refractivity contribution in [1.29, 1.82) is 0 Å². The molecule has 2 nitrogen and oxygen atoms in total. The van der Waals surface area contributed by atoms with E-state index < -0.39 is 5.60 Å². The van der Waals surface area contributed by atoms with Crippen LogP contribution in [0.2, 0.25) is 0 Å². The third-order valence-electron chi connectivity index (χ3n) is 2.82. The van der Waals surface area contributed by atoms with E-state index in [0.29, 0.717) is 12.0 Å². The molecule has 0 aromatic heterocycles. The van der Waals surface area contributed by atoms with Gasteiger partial charge < -0.3 is 10.2 Å². The van der Waals surface area contributed by atoms with Crippen LogP contribution in [0, 0.1) is 18.3 Å². The maximum absolute atomic E-state index is 10.0. The van der Waals surface area contributed by atoms with Crippen molar-refractivity contribution in [3.05, 3.63) is 12.2 Å². The number of hydrogen-bond donors (Lipinski definition) is 2. The quantitative estimate of drug-likeness (QED) is 0.493. The van der Waals surface area contributed by atoms with Gasteiger partial charge in [-0.15, -0.1) is 6.42 Å². The van der Waals surface area contributed by atoms with Gasteiger partial charge in [-0.2, -0.15) is 0 Å². The Labute approximate surface area is 79.3 Å². The zero-order chi connectivity index (χ0) is 9.90. The Morgan fingerprint density at radius 3 is 2.85 bits per heavy atom. The van der Waals surface area contributed by atoms with E-state index in [4.69, 9.17) is 11.5 Å². The second-order valence-corrected chi connectivity index (χ2v) is 3.68. The average Bonchev–Trinajstić information content (AvgIpc) is 2.17. The molecule has 0 radical (unpaired) electrons. The highest BCUT2D eigenvalue weighted by Gasteiger charge is 2.38. The van der Waals surface area contributed by atoms with E-state index >= 15 is 0 Å². The summed E-state index contributed by atoms with van der Waals surface area (Å²) in [5.41, 5.74) is -0.418. The molecule has 2 N–H and O–H groups in total. The van der Waals surface area contributed by atoms with Crippen molar-refractivity contribution in [3.63, 3.8) is 0 Å². The van der Waals surface area contributed by atoms with Crippen LogP contribution >= 0.6 is 0 Å². The number of terminal acetylenes is 1. The maximum atomic E-state index is 10.0. The molecular weight excluding hydrogens is 164 g/mol. The molecule has 72 valence electrons. The van der Waals surface area contributed by atoms with Crippen LogP contribution in [0.4, 0.5) is 0 Å². The lowest BCUT2D eigenvalue weighted by molar-refractivity contribution is 0.0165. The Balaban J connectivity index is 2.80. The SMILES string of the molecule is C#C[C@@]1(O)CCCC[C@H]1C(=C)CO.